The molecule has 152 valence electrons. The topological polar surface area (TPSA) is 47.2 Å². The predicted molar refractivity (Wildman–Crippen MR) is 118 cm³/mol. The zero-order valence-corrected chi connectivity index (χ0v) is 17.6. The van der Waals surface area contributed by atoms with E-state index < -0.39 is 0 Å². The van der Waals surface area contributed by atoms with Crippen molar-refractivity contribution in [3.05, 3.63) is 106 Å². The van der Waals surface area contributed by atoms with Crippen LogP contribution in [0.3, 0.4) is 0 Å². The first-order valence-corrected chi connectivity index (χ1v) is 10.3. The SMILES string of the molecule is CC(=O)N1C(c2cc(C)c(-c3ccccc3)[n+]([O-])c2)CC=C(C)C1c1ccccc1. The molecule has 4 rings (SSSR count). The van der Waals surface area contributed by atoms with E-state index in [2.05, 4.69) is 25.1 Å². The maximum atomic E-state index is 13.0. The molecule has 0 N–H and O–H groups in total. The van der Waals surface area contributed by atoms with Crippen LogP contribution in [0, 0.1) is 12.1 Å². The van der Waals surface area contributed by atoms with Crippen LogP contribution in [0.25, 0.3) is 11.3 Å². The second-order valence-electron chi connectivity index (χ2n) is 7.94. The Labute approximate surface area is 177 Å². The third-order valence-corrected chi connectivity index (χ3v) is 5.86. The van der Waals surface area contributed by atoms with Gasteiger partial charge in [0.15, 0.2) is 6.20 Å². The summed E-state index contributed by atoms with van der Waals surface area (Å²) in [6.45, 7) is 5.64. The van der Waals surface area contributed by atoms with E-state index in [0.29, 0.717) is 12.1 Å². The molecule has 0 spiro atoms. The number of carbonyl (C=O) groups is 1. The average Bonchev–Trinajstić information content (AvgIpc) is 2.74. The van der Waals surface area contributed by atoms with Crippen LogP contribution in [0.4, 0.5) is 0 Å². The summed E-state index contributed by atoms with van der Waals surface area (Å²) >= 11 is 0. The van der Waals surface area contributed by atoms with Crippen LogP contribution in [0.2, 0.25) is 0 Å². The zero-order valence-electron chi connectivity index (χ0n) is 17.6. The van der Waals surface area contributed by atoms with Gasteiger partial charge in [-0.25, -0.2) is 0 Å². The number of aryl methyl sites for hydroxylation is 1. The minimum Gasteiger partial charge on any atom is -0.618 e. The molecule has 2 heterocycles. The van der Waals surface area contributed by atoms with E-state index in [-0.39, 0.29) is 18.0 Å². The van der Waals surface area contributed by atoms with Gasteiger partial charge in [-0.15, -0.1) is 0 Å². The Hall–Kier alpha value is -3.40. The number of carbonyl (C=O) groups excluding carboxylic acids is 1. The third kappa shape index (κ3) is 3.61. The van der Waals surface area contributed by atoms with Crippen LogP contribution in [0.15, 0.2) is 84.6 Å². The molecular weight excluding hydrogens is 372 g/mol. The van der Waals surface area contributed by atoms with Gasteiger partial charge in [-0.05, 0) is 44.0 Å². The Kier molecular flexibility index (Phi) is 5.40. The van der Waals surface area contributed by atoms with Crippen molar-refractivity contribution in [3.63, 3.8) is 0 Å². The van der Waals surface area contributed by atoms with Crippen LogP contribution in [-0.4, -0.2) is 10.8 Å². The van der Waals surface area contributed by atoms with Crippen LogP contribution in [0.5, 0.6) is 0 Å². The summed E-state index contributed by atoms with van der Waals surface area (Å²) in [5, 5.41) is 13.0. The van der Waals surface area contributed by atoms with Crippen molar-refractivity contribution in [2.45, 2.75) is 39.3 Å². The molecule has 0 aliphatic carbocycles. The maximum Gasteiger partial charge on any atom is 0.226 e. The van der Waals surface area contributed by atoms with E-state index in [1.165, 1.54) is 0 Å². The van der Waals surface area contributed by atoms with Crippen molar-refractivity contribution < 1.29 is 9.52 Å². The molecular formula is C26H26N2O2. The number of rotatable bonds is 3. The number of pyridine rings is 1. The van der Waals surface area contributed by atoms with Crippen LogP contribution in [0.1, 0.15) is 49.0 Å². The first-order valence-electron chi connectivity index (χ1n) is 10.3. The molecule has 1 amide bonds. The Morgan fingerprint density at radius 2 is 1.63 bits per heavy atom. The highest BCUT2D eigenvalue weighted by molar-refractivity contribution is 5.75. The number of hydrogen-bond donors (Lipinski definition) is 0. The number of aromatic nitrogens is 1. The highest BCUT2D eigenvalue weighted by atomic mass is 16.5. The summed E-state index contributed by atoms with van der Waals surface area (Å²) in [6, 6.07) is 21.5. The highest BCUT2D eigenvalue weighted by Gasteiger charge is 2.35. The fraction of sp³-hybridized carbons (Fsp3) is 0.231. The summed E-state index contributed by atoms with van der Waals surface area (Å²) in [5.74, 6) is 0.00328. The van der Waals surface area contributed by atoms with Gasteiger partial charge < -0.3 is 10.1 Å². The van der Waals surface area contributed by atoms with Gasteiger partial charge in [0.1, 0.15) is 0 Å². The molecule has 2 atom stereocenters. The zero-order chi connectivity index (χ0) is 21.3. The van der Waals surface area contributed by atoms with Crippen molar-refractivity contribution in [1.82, 2.24) is 4.90 Å². The van der Waals surface area contributed by atoms with Crippen molar-refractivity contribution in [2.24, 2.45) is 0 Å². The van der Waals surface area contributed by atoms with E-state index in [1.54, 1.807) is 13.1 Å². The van der Waals surface area contributed by atoms with Crippen LogP contribution < -0.4 is 4.73 Å². The Morgan fingerprint density at radius 3 is 2.23 bits per heavy atom. The van der Waals surface area contributed by atoms with E-state index >= 15 is 0 Å². The molecule has 4 heteroatoms. The lowest BCUT2D eigenvalue weighted by Gasteiger charge is -2.41. The smallest absolute Gasteiger partial charge is 0.226 e. The minimum atomic E-state index is -0.180. The van der Waals surface area contributed by atoms with Crippen molar-refractivity contribution in [2.75, 3.05) is 0 Å². The summed E-state index contributed by atoms with van der Waals surface area (Å²) in [5.41, 5.74) is 5.54. The fourth-order valence-electron chi connectivity index (χ4n) is 4.54. The molecule has 1 aliphatic rings. The molecule has 3 aromatic rings. The Balaban J connectivity index is 1.79. The Bertz CT molecular complexity index is 1070. The molecule has 0 fully saturated rings. The fourth-order valence-corrected chi connectivity index (χ4v) is 4.54. The van der Waals surface area contributed by atoms with Gasteiger partial charge in [-0.3, -0.25) is 4.79 Å². The number of nitrogens with zero attached hydrogens (tertiary/aromatic N) is 2. The van der Waals surface area contributed by atoms with Crippen molar-refractivity contribution in [3.8, 4) is 11.3 Å². The van der Waals surface area contributed by atoms with E-state index in [1.807, 2.05) is 66.4 Å². The van der Waals surface area contributed by atoms with Gasteiger partial charge in [-0.1, -0.05) is 60.2 Å². The number of hydrogen-bond acceptors (Lipinski definition) is 2. The van der Waals surface area contributed by atoms with Gasteiger partial charge in [0.2, 0.25) is 11.6 Å². The summed E-state index contributed by atoms with van der Waals surface area (Å²) in [4.78, 5) is 14.7. The van der Waals surface area contributed by atoms with Crippen LogP contribution >= 0.6 is 0 Å². The highest BCUT2D eigenvalue weighted by Crippen LogP contribution is 2.42. The lowest BCUT2D eigenvalue weighted by atomic mass is 9.87. The number of amides is 1. The average molecular weight is 399 g/mol. The molecule has 4 nitrogen and oxygen atoms in total. The van der Waals surface area contributed by atoms with E-state index in [9.17, 15) is 10.0 Å². The predicted octanol–water partition coefficient (Wildman–Crippen LogP) is 5.28. The first kappa shape index (κ1) is 19.9. The lowest BCUT2D eigenvalue weighted by molar-refractivity contribution is -0.594. The molecule has 30 heavy (non-hydrogen) atoms. The second kappa shape index (κ2) is 8.15. The lowest BCUT2D eigenvalue weighted by Crippen LogP contribution is -2.41. The molecule has 2 aromatic carbocycles. The summed E-state index contributed by atoms with van der Waals surface area (Å²) in [7, 11) is 0. The van der Waals surface area contributed by atoms with E-state index in [4.69, 9.17) is 0 Å². The van der Waals surface area contributed by atoms with Gasteiger partial charge in [0.25, 0.3) is 0 Å². The quantitative estimate of drug-likeness (QED) is 0.342. The molecule has 0 bridgehead atoms. The Morgan fingerprint density at radius 1 is 1.00 bits per heavy atom. The van der Waals surface area contributed by atoms with Gasteiger partial charge in [0, 0.05) is 23.6 Å². The maximum absolute atomic E-state index is 13.0. The standard InChI is InChI=1S/C26H26N2O2/c1-18-14-15-24(28(20(3)29)26(18)22-12-8-5-9-13-22)23-16-19(2)25(27(30)17-23)21-10-6-4-7-11-21/h4-14,16-17,24,26H,15H2,1-3H3. The van der Waals surface area contributed by atoms with Crippen molar-refractivity contribution >= 4 is 5.91 Å². The van der Waals surface area contributed by atoms with Gasteiger partial charge in [-0.2, -0.15) is 4.73 Å². The molecule has 1 aliphatic heterocycles. The first-order chi connectivity index (χ1) is 14.5. The largest absolute Gasteiger partial charge is 0.618 e. The minimum absolute atomic E-state index is 0.00328. The molecule has 0 saturated carbocycles. The summed E-state index contributed by atoms with van der Waals surface area (Å²) < 4.78 is 0.945. The van der Waals surface area contributed by atoms with Gasteiger partial charge >= 0.3 is 0 Å². The molecule has 0 radical (unpaired) electrons. The van der Waals surface area contributed by atoms with Gasteiger partial charge in [0.05, 0.1) is 12.1 Å². The molecule has 2 unspecified atom stereocenters. The molecule has 1 aromatic heterocycles. The third-order valence-electron chi connectivity index (χ3n) is 5.86. The van der Waals surface area contributed by atoms with Crippen LogP contribution in [-0.2, 0) is 4.79 Å². The molecule has 0 saturated heterocycles. The normalized spacial score (nSPS) is 18.8. The second-order valence-corrected chi connectivity index (χ2v) is 7.94. The van der Waals surface area contributed by atoms with Crippen molar-refractivity contribution in [1.29, 1.82) is 0 Å². The monoisotopic (exact) mass is 398 g/mol. The number of benzene rings is 2. The summed E-state index contributed by atoms with van der Waals surface area (Å²) in [6.07, 6.45) is 4.52. The van der Waals surface area contributed by atoms with E-state index in [0.717, 1.165) is 32.6 Å².